The average Bonchev–Trinajstić information content (AvgIpc) is 2.42. The molecule has 1 aliphatic rings. The third-order valence-electron chi connectivity index (χ3n) is 3.98. The van der Waals surface area contributed by atoms with E-state index in [1.807, 2.05) is 6.92 Å². The van der Waals surface area contributed by atoms with Crippen molar-refractivity contribution >= 4 is 11.6 Å². The molecule has 0 spiro atoms. The quantitative estimate of drug-likeness (QED) is 0.905. The number of hydrogen-bond donors (Lipinski definition) is 1. The zero-order valence-electron chi connectivity index (χ0n) is 12.3. The topological polar surface area (TPSA) is 50.3 Å². The van der Waals surface area contributed by atoms with Crippen LogP contribution in [0.5, 0.6) is 5.75 Å². The normalized spacial score (nSPS) is 23.3. The predicted octanol–water partition coefficient (Wildman–Crippen LogP) is 2.54. The van der Waals surface area contributed by atoms with Gasteiger partial charge < -0.3 is 15.0 Å². The zero-order valence-corrected chi connectivity index (χ0v) is 12.3. The van der Waals surface area contributed by atoms with Gasteiger partial charge in [-0.25, -0.2) is 9.97 Å². The highest BCUT2D eigenvalue weighted by Gasteiger charge is 2.28. The molecule has 0 amide bonds. The van der Waals surface area contributed by atoms with E-state index >= 15 is 0 Å². The monoisotopic (exact) mass is 264 g/mol. The number of piperidine rings is 1. The van der Waals surface area contributed by atoms with Crippen LogP contribution in [0.4, 0.5) is 11.6 Å². The molecule has 0 aromatic carbocycles. The Labute approximate surface area is 115 Å². The van der Waals surface area contributed by atoms with Crippen LogP contribution >= 0.6 is 0 Å². The van der Waals surface area contributed by atoms with Crippen LogP contribution in [0, 0.1) is 5.92 Å². The molecule has 0 bridgehead atoms. The summed E-state index contributed by atoms with van der Waals surface area (Å²) < 4.78 is 5.54. The molecule has 5 heteroatoms. The van der Waals surface area contributed by atoms with Gasteiger partial charge in [-0.2, -0.15) is 0 Å². The van der Waals surface area contributed by atoms with Crippen LogP contribution in [0.15, 0.2) is 6.33 Å². The summed E-state index contributed by atoms with van der Waals surface area (Å²) in [7, 11) is 1.68. The van der Waals surface area contributed by atoms with Crippen molar-refractivity contribution in [3.05, 3.63) is 6.33 Å². The Bertz CT molecular complexity index is 424. The summed E-state index contributed by atoms with van der Waals surface area (Å²) in [5, 5.41) is 3.23. The summed E-state index contributed by atoms with van der Waals surface area (Å²) in [6.45, 7) is 8.46. The average molecular weight is 264 g/mol. The number of rotatable bonds is 4. The Morgan fingerprint density at radius 1 is 1.42 bits per heavy atom. The van der Waals surface area contributed by atoms with Gasteiger partial charge in [0, 0.05) is 19.1 Å². The van der Waals surface area contributed by atoms with Crippen molar-refractivity contribution in [2.24, 2.45) is 5.92 Å². The first-order valence-electron chi connectivity index (χ1n) is 7.08. The first-order chi connectivity index (χ1) is 9.19. The van der Waals surface area contributed by atoms with Crippen LogP contribution < -0.4 is 15.0 Å². The molecule has 2 unspecified atom stereocenters. The van der Waals surface area contributed by atoms with Crippen molar-refractivity contribution in [2.75, 3.05) is 30.4 Å². The number of methoxy groups -OCH3 is 1. The second-order valence-electron chi connectivity index (χ2n) is 5.16. The third kappa shape index (κ3) is 2.74. The van der Waals surface area contributed by atoms with E-state index in [1.165, 1.54) is 12.8 Å². The first-order valence-corrected chi connectivity index (χ1v) is 7.08. The Balaban J connectivity index is 2.35. The van der Waals surface area contributed by atoms with Gasteiger partial charge in [-0.3, -0.25) is 0 Å². The standard InChI is InChI=1S/C14H24N4O/c1-5-15-13-12(19-4)14(17-9-16-13)18-8-6-7-10(2)11(18)3/h9-11H,5-8H2,1-4H3,(H,15,16,17). The summed E-state index contributed by atoms with van der Waals surface area (Å²) in [6.07, 6.45) is 4.10. The molecule has 106 valence electrons. The highest BCUT2D eigenvalue weighted by molar-refractivity contribution is 5.65. The van der Waals surface area contributed by atoms with Crippen molar-refractivity contribution in [3.8, 4) is 5.75 Å². The maximum absolute atomic E-state index is 5.54. The lowest BCUT2D eigenvalue weighted by molar-refractivity contribution is 0.353. The van der Waals surface area contributed by atoms with Crippen LogP contribution in [-0.2, 0) is 0 Å². The van der Waals surface area contributed by atoms with E-state index in [2.05, 4.69) is 34.0 Å². The lowest BCUT2D eigenvalue weighted by atomic mass is 9.92. The van der Waals surface area contributed by atoms with Gasteiger partial charge in [0.05, 0.1) is 7.11 Å². The number of nitrogens with zero attached hydrogens (tertiary/aromatic N) is 3. The fraction of sp³-hybridized carbons (Fsp3) is 0.714. The summed E-state index contributed by atoms with van der Waals surface area (Å²) in [5.74, 6) is 3.12. The summed E-state index contributed by atoms with van der Waals surface area (Å²) in [5.41, 5.74) is 0. The molecule has 1 aliphatic heterocycles. The van der Waals surface area contributed by atoms with E-state index in [-0.39, 0.29) is 0 Å². The predicted molar refractivity (Wildman–Crippen MR) is 78.0 cm³/mol. The molecule has 1 saturated heterocycles. The largest absolute Gasteiger partial charge is 0.490 e. The smallest absolute Gasteiger partial charge is 0.204 e. The van der Waals surface area contributed by atoms with Crippen molar-refractivity contribution in [3.63, 3.8) is 0 Å². The molecule has 5 nitrogen and oxygen atoms in total. The molecule has 1 N–H and O–H groups in total. The maximum atomic E-state index is 5.54. The maximum Gasteiger partial charge on any atom is 0.204 e. The second-order valence-corrected chi connectivity index (χ2v) is 5.16. The van der Waals surface area contributed by atoms with Crippen LogP contribution in [0.1, 0.15) is 33.6 Å². The number of aromatic nitrogens is 2. The van der Waals surface area contributed by atoms with Crippen molar-refractivity contribution in [1.82, 2.24) is 9.97 Å². The van der Waals surface area contributed by atoms with Gasteiger partial charge in [0.25, 0.3) is 0 Å². The van der Waals surface area contributed by atoms with Gasteiger partial charge in [-0.1, -0.05) is 6.92 Å². The molecule has 1 aromatic heterocycles. The van der Waals surface area contributed by atoms with Crippen molar-refractivity contribution in [1.29, 1.82) is 0 Å². The molecule has 0 radical (unpaired) electrons. The van der Waals surface area contributed by atoms with Crippen LogP contribution in [-0.4, -0.2) is 36.2 Å². The molecular weight excluding hydrogens is 240 g/mol. The Morgan fingerprint density at radius 2 is 2.21 bits per heavy atom. The van der Waals surface area contributed by atoms with Gasteiger partial charge in [0.15, 0.2) is 11.6 Å². The molecular formula is C14H24N4O. The Morgan fingerprint density at radius 3 is 2.89 bits per heavy atom. The number of anilines is 2. The fourth-order valence-electron chi connectivity index (χ4n) is 2.68. The fourth-order valence-corrected chi connectivity index (χ4v) is 2.68. The van der Waals surface area contributed by atoms with E-state index < -0.39 is 0 Å². The number of hydrogen-bond acceptors (Lipinski definition) is 5. The lowest BCUT2D eigenvalue weighted by Crippen LogP contribution is -2.43. The third-order valence-corrected chi connectivity index (χ3v) is 3.98. The van der Waals surface area contributed by atoms with Gasteiger partial charge in [-0.15, -0.1) is 0 Å². The van der Waals surface area contributed by atoms with Crippen LogP contribution in [0.3, 0.4) is 0 Å². The summed E-state index contributed by atoms with van der Waals surface area (Å²) in [6, 6.07) is 0.479. The van der Waals surface area contributed by atoms with Gasteiger partial charge in [0.1, 0.15) is 6.33 Å². The minimum atomic E-state index is 0.479. The van der Waals surface area contributed by atoms with E-state index in [1.54, 1.807) is 13.4 Å². The highest BCUT2D eigenvalue weighted by Crippen LogP contribution is 2.36. The van der Waals surface area contributed by atoms with Crippen LogP contribution in [0.2, 0.25) is 0 Å². The molecule has 2 rings (SSSR count). The highest BCUT2D eigenvalue weighted by atomic mass is 16.5. The first kappa shape index (κ1) is 13.9. The van der Waals surface area contributed by atoms with Gasteiger partial charge >= 0.3 is 0 Å². The second kappa shape index (κ2) is 6.08. The zero-order chi connectivity index (χ0) is 13.8. The molecule has 2 heterocycles. The molecule has 1 fully saturated rings. The van der Waals surface area contributed by atoms with E-state index in [9.17, 15) is 0 Å². The van der Waals surface area contributed by atoms with Crippen molar-refractivity contribution in [2.45, 2.75) is 39.7 Å². The SMILES string of the molecule is CCNc1ncnc(N2CCCC(C)C2C)c1OC. The van der Waals surface area contributed by atoms with E-state index in [0.29, 0.717) is 12.0 Å². The van der Waals surface area contributed by atoms with Crippen LogP contribution in [0.25, 0.3) is 0 Å². The van der Waals surface area contributed by atoms with E-state index in [4.69, 9.17) is 4.74 Å². The van der Waals surface area contributed by atoms with Gasteiger partial charge in [0.2, 0.25) is 5.75 Å². The minimum Gasteiger partial charge on any atom is -0.490 e. The molecule has 0 aliphatic carbocycles. The Hall–Kier alpha value is -1.52. The molecule has 0 saturated carbocycles. The number of nitrogens with one attached hydrogen (secondary N) is 1. The lowest BCUT2D eigenvalue weighted by Gasteiger charge is -2.39. The van der Waals surface area contributed by atoms with E-state index in [0.717, 1.165) is 30.5 Å². The molecule has 19 heavy (non-hydrogen) atoms. The molecule has 2 atom stereocenters. The number of ether oxygens (including phenoxy) is 1. The van der Waals surface area contributed by atoms with Gasteiger partial charge in [-0.05, 0) is 32.6 Å². The van der Waals surface area contributed by atoms with Crippen molar-refractivity contribution < 1.29 is 4.74 Å². The summed E-state index contributed by atoms with van der Waals surface area (Å²) in [4.78, 5) is 11.1. The summed E-state index contributed by atoms with van der Waals surface area (Å²) >= 11 is 0. The minimum absolute atomic E-state index is 0.479. The Kier molecular flexibility index (Phi) is 4.45. The molecule has 1 aromatic rings.